The molecule has 0 amide bonds. The fraction of sp³-hybridized carbons (Fsp3) is 0.864. The first-order valence-corrected chi connectivity index (χ1v) is 10.9. The molecule has 0 aliphatic rings. The van der Waals surface area contributed by atoms with E-state index in [2.05, 4.69) is 23.8 Å². The van der Waals surface area contributed by atoms with Gasteiger partial charge in [-0.15, -0.1) is 0 Å². The standard InChI is InChI=1S/C18H34O3.C4H10O3/c1-2-3-4-11-14-17(19)15-12-9-7-5-6-8-10-13-16-18(20)21;5-1-3-7-4-2-6/h9,12,17,19H,2-8,10-11,13-16H2,1H3,(H,20,21);5-6H,1-4H2/b12-9-;. The van der Waals surface area contributed by atoms with Crippen molar-refractivity contribution in [2.45, 2.75) is 96.5 Å². The molecule has 6 nitrogen and oxygen atoms in total. The molecule has 0 spiro atoms. The maximum absolute atomic E-state index is 10.3. The Balaban J connectivity index is 0. The third-order valence-electron chi connectivity index (χ3n) is 4.20. The zero-order valence-electron chi connectivity index (χ0n) is 17.9. The van der Waals surface area contributed by atoms with E-state index in [-0.39, 0.29) is 19.3 Å². The number of ether oxygens (including phenoxy) is 1. The van der Waals surface area contributed by atoms with Gasteiger partial charge in [0, 0.05) is 6.42 Å². The van der Waals surface area contributed by atoms with Crippen LogP contribution in [0.1, 0.15) is 90.4 Å². The van der Waals surface area contributed by atoms with Crippen molar-refractivity contribution in [1.82, 2.24) is 0 Å². The van der Waals surface area contributed by atoms with E-state index in [1.165, 1.54) is 25.7 Å². The molecule has 0 bridgehead atoms. The van der Waals surface area contributed by atoms with Crippen molar-refractivity contribution in [1.29, 1.82) is 0 Å². The van der Waals surface area contributed by atoms with Gasteiger partial charge < -0.3 is 25.2 Å². The van der Waals surface area contributed by atoms with E-state index in [0.717, 1.165) is 51.4 Å². The summed E-state index contributed by atoms with van der Waals surface area (Å²) in [6.45, 7) is 2.90. The number of unbranched alkanes of at least 4 members (excludes halogenated alkanes) is 8. The molecule has 0 aromatic carbocycles. The summed E-state index contributed by atoms with van der Waals surface area (Å²) in [5.74, 6) is -0.689. The third kappa shape index (κ3) is 29.8. The number of hydrogen-bond donors (Lipinski definition) is 4. The summed E-state index contributed by atoms with van der Waals surface area (Å²) in [5.41, 5.74) is 0. The molecule has 0 rings (SSSR count). The van der Waals surface area contributed by atoms with Crippen LogP contribution in [0.5, 0.6) is 0 Å². The quantitative estimate of drug-likeness (QED) is 0.191. The summed E-state index contributed by atoms with van der Waals surface area (Å²) >= 11 is 0. The van der Waals surface area contributed by atoms with Crippen molar-refractivity contribution in [3.05, 3.63) is 12.2 Å². The molecule has 0 heterocycles. The van der Waals surface area contributed by atoms with Gasteiger partial charge in [-0.3, -0.25) is 4.79 Å². The fourth-order valence-corrected chi connectivity index (χ4v) is 2.60. The van der Waals surface area contributed by atoms with Crippen LogP contribution in [0, 0.1) is 0 Å². The van der Waals surface area contributed by atoms with Crippen LogP contribution in [0.15, 0.2) is 12.2 Å². The molecule has 28 heavy (non-hydrogen) atoms. The lowest BCUT2D eigenvalue weighted by Crippen LogP contribution is -2.04. The second-order valence-corrected chi connectivity index (χ2v) is 6.97. The van der Waals surface area contributed by atoms with Gasteiger partial charge in [-0.05, 0) is 32.1 Å². The summed E-state index contributed by atoms with van der Waals surface area (Å²) < 4.78 is 4.63. The Morgan fingerprint density at radius 3 is 2.11 bits per heavy atom. The van der Waals surface area contributed by atoms with Crippen molar-refractivity contribution in [3.63, 3.8) is 0 Å². The van der Waals surface area contributed by atoms with Gasteiger partial charge in [0.25, 0.3) is 0 Å². The predicted molar refractivity (Wildman–Crippen MR) is 113 cm³/mol. The summed E-state index contributed by atoms with van der Waals surface area (Å²) in [5, 5.41) is 34.5. The summed E-state index contributed by atoms with van der Waals surface area (Å²) in [7, 11) is 0. The molecule has 0 aliphatic heterocycles. The molecule has 6 heteroatoms. The number of aliphatic hydroxyl groups is 3. The van der Waals surface area contributed by atoms with Crippen LogP contribution in [0.25, 0.3) is 0 Å². The second-order valence-electron chi connectivity index (χ2n) is 6.97. The average Bonchev–Trinajstić information content (AvgIpc) is 2.67. The maximum atomic E-state index is 10.3. The first-order chi connectivity index (χ1) is 13.6. The topological polar surface area (TPSA) is 107 Å². The molecule has 1 atom stereocenters. The highest BCUT2D eigenvalue weighted by Crippen LogP contribution is 2.10. The minimum Gasteiger partial charge on any atom is -0.481 e. The molecular formula is C22H44O6. The largest absolute Gasteiger partial charge is 0.481 e. The zero-order valence-corrected chi connectivity index (χ0v) is 17.9. The SMILES string of the molecule is CCCCCCC(O)C/C=C\CCCCCCCC(=O)O.OCCOCCO. The molecule has 0 fully saturated rings. The Morgan fingerprint density at radius 2 is 1.50 bits per heavy atom. The molecule has 0 saturated heterocycles. The maximum Gasteiger partial charge on any atom is 0.303 e. The number of carboxylic acids is 1. The van der Waals surface area contributed by atoms with Gasteiger partial charge in [-0.1, -0.05) is 64.0 Å². The molecule has 4 N–H and O–H groups in total. The minimum atomic E-state index is -0.689. The van der Waals surface area contributed by atoms with Gasteiger partial charge in [0.2, 0.25) is 0 Å². The predicted octanol–water partition coefficient (Wildman–Crippen LogP) is 4.07. The van der Waals surface area contributed by atoms with Crippen LogP contribution >= 0.6 is 0 Å². The van der Waals surface area contributed by atoms with Crippen LogP contribution in [-0.4, -0.2) is 58.9 Å². The summed E-state index contributed by atoms with van der Waals surface area (Å²) in [6.07, 6.45) is 17.4. The van der Waals surface area contributed by atoms with Gasteiger partial charge in [-0.25, -0.2) is 0 Å². The van der Waals surface area contributed by atoms with E-state index < -0.39 is 5.97 Å². The molecule has 0 aliphatic carbocycles. The Kier molecular flexibility index (Phi) is 27.2. The lowest BCUT2D eigenvalue weighted by Gasteiger charge is -2.07. The van der Waals surface area contributed by atoms with Crippen molar-refractivity contribution in [3.8, 4) is 0 Å². The van der Waals surface area contributed by atoms with Crippen molar-refractivity contribution >= 4 is 5.97 Å². The van der Waals surface area contributed by atoms with Crippen molar-refractivity contribution < 1.29 is 30.0 Å². The molecule has 0 radical (unpaired) electrons. The number of aliphatic carboxylic acids is 1. The lowest BCUT2D eigenvalue weighted by atomic mass is 10.1. The first kappa shape index (κ1) is 29.3. The van der Waals surface area contributed by atoms with E-state index >= 15 is 0 Å². The van der Waals surface area contributed by atoms with Crippen LogP contribution in [0.2, 0.25) is 0 Å². The molecule has 0 aromatic rings. The molecule has 0 aromatic heterocycles. The number of allylic oxidation sites excluding steroid dienone is 1. The van der Waals surface area contributed by atoms with E-state index in [4.69, 9.17) is 15.3 Å². The highest BCUT2D eigenvalue weighted by atomic mass is 16.5. The number of carboxylic acid groups (broad SMARTS) is 1. The molecular weight excluding hydrogens is 360 g/mol. The molecule has 168 valence electrons. The molecule has 1 unspecified atom stereocenters. The Morgan fingerprint density at radius 1 is 0.893 bits per heavy atom. The normalized spacial score (nSPS) is 12.0. The smallest absolute Gasteiger partial charge is 0.303 e. The van der Waals surface area contributed by atoms with Crippen LogP contribution in [-0.2, 0) is 9.53 Å². The third-order valence-corrected chi connectivity index (χ3v) is 4.20. The zero-order chi connectivity index (χ0) is 21.3. The highest BCUT2D eigenvalue weighted by Gasteiger charge is 2.00. The monoisotopic (exact) mass is 404 g/mol. The number of rotatable bonds is 19. The second kappa shape index (κ2) is 26.1. The average molecular weight is 405 g/mol. The molecule has 0 saturated carbocycles. The number of aliphatic hydroxyl groups excluding tert-OH is 3. The van der Waals surface area contributed by atoms with E-state index in [9.17, 15) is 9.90 Å². The Bertz CT molecular complexity index is 329. The van der Waals surface area contributed by atoms with Gasteiger partial charge >= 0.3 is 5.97 Å². The summed E-state index contributed by atoms with van der Waals surface area (Å²) in [6, 6.07) is 0. The van der Waals surface area contributed by atoms with Gasteiger partial charge in [0.1, 0.15) is 0 Å². The Hall–Kier alpha value is -0.950. The minimum absolute atomic E-state index is 0.0278. The fourth-order valence-electron chi connectivity index (χ4n) is 2.60. The Labute approximate surface area is 171 Å². The number of carbonyl (C=O) groups is 1. The first-order valence-electron chi connectivity index (χ1n) is 10.9. The van der Waals surface area contributed by atoms with E-state index in [1.807, 2.05) is 0 Å². The van der Waals surface area contributed by atoms with E-state index in [1.54, 1.807) is 0 Å². The summed E-state index contributed by atoms with van der Waals surface area (Å²) in [4.78, 5) is 10.3. The van der Waals surface area contributed by atoms with Gasteiger partial charge in [0.15, 0.2) is 0 Å². The van der Waals surface area contributed by atoms with Crippen LogP contribution in [0.4, 0.5) is 0 Å². The van der Waals surface area contributed by atoms with Crippen LogP contribution in [0.3, 0.4) is 0 Å². The van der Waals surface area contributed by atoms with Crippen LogP contribution < -0.4 is 0 Å². The lowest BCUT2D eigenvalue weighted by molar-refractivity contribution is -0.137. The number of hydrogen-bond acceptors (Lipinski definition) is 5. The van der Waals surface area contributed by atoms with Gasteiger partial charge in [-0.2, -0.15) is 0 Å². The highest BCUT2D eigenvalue weighted by molar-refractivity contribution is 5.66. The van der Waals surface area contributed by atoms with Crippen molar-refractivity contribution in [2.75, 3.05) is 26.4 Å². The van der Waals surface area contributed by atoms with Gasteiger partial charge in [0.05, 0.1) is 32.5 Å². The van der Waals surface area contributed by atoms with Crippen molar-refractivity contribution in [2.24, 2.45) is 0 Å². The van der Waals surface area contributed by atoms with E-state index in [0.29, 0.717) is 19.6 Å².